The molecule has 0 saturated carbocycles. The molecule has 0 amide bonds. The van der Waals surface area contributed by atoms with Crippen LogP contribution >= 0.6 is 0 Å². The largest absolute Gasteiger partial charge is 0.383 e. The van der Waals surface area contributed by atoms with Gasteiger partial charge in [-0.2, -0.15) is 0 Å². The van der Waals surface area contributed by atoms with Gasteiger partial charge in [-0.25, -0.2) is 0 Å². The fourth-order valence-corrected chi connectivity index (χ4v) is 1.73. The van der Waals surface area contributed by atoms with Gasteiger partial charge in [0.25, 0.3) is 0 Å². The molecule has 0 aliphatic rings. The summed E-state index contributed by atoms with van der Waals surface area (Å²) in [5, 5.41) is 3.28. The highest BCUT2D eigenvalue weighted by Crippen LogP contribution is 2.15. The van der Waals surface area contributed by atoms with E-state index in [4.69, 9.17) is 10.5 Å². The second-order valence-electron chi connectivity index (χ2n) is 3.73. The summed E-state index contributed by atoms with van der Waals surface area (Å²) < 4.78 is 5.16. The smallest absolute Gasteiger partial charge is 0.0618 e. The minimum atomic E-state index is 0.276. The zero-order valence-electron chi connectivity index (χ0n) is 13.3. The molecule has 0 spiro atoms. The van der Waals surface area contributed by atoms with Crippen LogP contribution in [0.1, 0.15) is 54.4 Å². The molecule has 3 N–H and O–H groups in total. The van der Waals surface area contributed by atoms with E-state index in [1.807, 2.05) is 34.7 Å². The summed E-state index contributed by atoms with van der Waals surface area (Å²) in [6.45, 7) is 13.0. The lowest BCUT2D eigenvalue weighted by atomic mass is 9.91. The van der Waals surface area contributed by atoms with Crippen LogP contribution in [-0.4, -0.2) is 32.8 Å². The maximum atomic E-state index is 5.79. The Labute approximate surface area is 109 Å². The summed E-state index contributed by atoms with van der Waals surface area (Å²) in [6.07, 6.45) is 2.21. The molecule has 2 unspecified atom stereocenters. The number of nitrogens with one attached hydrogen (secondary N) is 1. The molecule has 3 nitrogen and oxygen atoms in total. The zero-order valence-corrected chi connectivity index (χ0v) is 13.3. The predicted octanol–water partition coefficient (Wildman–Crippen LogP) is 3.04. The van der Waals surface area contributed by atoms with E-state index in [9.17, 15) is 0 Å². The average Bonchev–Trinajstić information content (AvgIpc) is 2.38. The first-order valence-electron chi connectivity index (χ1n) is 7.07. The van der Waals surface area contributed by atoms with Crippen molar-refractivity contribution in [2.75, 3.05) is 20.8 Å². The number of rotatable bonds is 7. The summed E-state index contributed by atoms with van der Waals surface area (Å²) in [5.74, 6) is 0.616. The molecule has 0 aromatic rings. The number of nitrogens with two attached hydrogens (primary N) is 1. The Kier molecular flexibility index (Phi) is 23.7. The third-order valence-corrected chi connectivity index (χ3v) is 2.48. The standard InChI is InChI=1S/C10H24N2O.2C2H6/c1-5-9(6-8(2)11)10(12-3)7-13-4;2*1-2/h8-10,12H,5-7,11H2,1-4H3;2*1-2H3/t8?,9-,10?;;/m1../s1. The van der Waals surface area contributed by atoms with Gasteiger partial charge >= 0.3 is 0 Å². The third kappa shape index (κ3) is 13.8. The van der Waals surface area contributed by atoms with Gasteiger partial charge in [-0.05, 0) is 26.3 Å². The second-order valence-corrected chi connectivity index (χ2v) is 3.73. The first-order chi connectivity index (χ1) is 8.15. The van der Waals surface area contributed by atoms with Gasteiger partial charge in [0.2, 0.25) is 0 Å². The summed E-state index contributed by atoms with van der Waals surface area (Å²) in [5.41, 5.74) is 5.79. The molecule has 3 atom stereocenters. The molecule has 0 fully saturated rings. The van der Waals surface area contributed by atoms with Gasteiger partial charge in [0.05, 0.1) is 6.61 Å². The van der Waals surface area contributed by atoms with Crippen molar-refractivity contribution in [1.29, 1.82) is 0 Å². The quantitative estimate of drug-likeness (QED) is 0.728. The molecule has 0 aromatic heterocycles. The van der Waals surface area contributed by atoms with E-state index >= 15 is 0 Å². The lowest BCUT2D eigenvalue weighted by Gasteiger charge is -2.26. The van der Waals surface area contributed by atoms with Crippen LogP contribution in [0.5, 0.6) is 0 Å². The Morgan fingerprint density at radius 2 is 1.65 bits per heavy atom. The monoisotopic (exact) mass is 248 g/mol. The zero-order chi connectivity index (χ0) is 14.3. The lowest BCUT2D eigenvalue weighted by Crippen LogP contribution is -2.39. The Hall–Kier alpha value is -0.120. The topological polar surface area (TPSA) is 47.3 Å². The summed E-state index contributed by atoms with van der Waals surface area (Å²) >= 11 is 0. The SMILES string of the molecule is CC.CC.CC[C@H](CC(C)N)C(COC)NC. The van der Waals surface area contributed by atoms with E-state index < -0.39 is 0 Å². The first kappa shape index (κ1) is 22.1. The van der Waals surface area contributed by atoms with Gasteiger partial charge in [0, 0.05) is 19.2 Å². The fraction of sp³-hybridized carbons (Fsp3) is 1.00. The van der Waals surface area contributed by atoms with E-state index in [2.05, 4.69) is 19.2 Å². The summed E-state index contributed by atoms with van der Waals surface area (Å²) in [7, 11) is 3.72. The minimum absolute atomic E-state index is 0.276. The number of hydrogen-bond donors (Lipinski definition) is 2. The molecular weight excluding hydrogens is 212 g/mol. The maximum absolute atomic E-state index is 5.79. The predicted molar refractivity (Wildman–Crippen MR) is 79.5 cm³/mol. The van der Waals surface area contributed by atoms with Gasteiger partial charge in [-0.3, -0.25) is 0 Å². The van der Waals surface area contributed by atoms with Gasteiger partial charge in [-0.15, -0.1) is 0 Å². The van der Waals surface area contributed by atoms with Crippen LogP contribution in [0.2, 0.25) is 0 Å². The highest BCUT2D eigenvalue weighted by molar-refractivity contribution is 4.76. The van der Waals surface area contributed by atoms with E-state index in [1.165, 1.54) is 0 Å². The van der Waals surface area contributed by atoms with E-state index in [0.717, 1.165) is 19.4 Å². The normalized spacial score (nSPS) is 14.6. The van der Waals surface area contributed by atoms with Crippen LogP contribution in [-0.2, 0) is 4.74 Å². The van der Waals surface area contributed by atoms with E-state index in [-0.39, 0.29) is 6.04 Å². The summed E-state index contributed by atoms with van der Waals surface area (Å²) in [6, 6.07) is 0.707. The Morgan fingerprint density at radius 3 is 1.88 bits per heavy atom. The van der Waals surface area contributed by atoms with Crippen LogP contribution in [0.4, 0.5) is 0 Å². The highest BCUT2D eigenvalue weighted by Gasteiger charge is 2.19. The minimum Gasteiger partial charge on any atom is -0.383 e. The molecule has 0 saturated heterocycles. The number of likely N-dealkylation sites (N-methyl/N-ethyl adjacent to an activating group) is 1. The van der Waals surface area contributed by atoms with E-state index in [0.29, 0.717) is 12.0 Å². The fourth-order valence-electron chi connectivity index (χ4n) is 1.73. The molecule has 0 aliphatic carbocycles. The van der Waals surface area contributed by atoms with Crippen LogP contribution in [0.25, 0.3) is 0 Å². The Morgan fingerprint density at radius 1 is 1.18 bits per heavy atom. The molecule has 17 heavy (non-hydrogen) atoms. The van der Waals surface area contributed by atoms with Gasteiger partial charge in [0.1, 0.15) is 0 Å². The molecule has 0 radical (unpaired) electrons. The lowest BCUT2D eigenvalue weighted by molar-refractivity contribution is 0.137. The number of methoxy groups -OCH3 is 1. The van der Waals surface area contributed by atoms with Gasteiger partial charge < -0.3 is 15.8 Å². The Bertz CT molecular complexity index is 119. The number of ether oxygens (including phenoxy) is 1. The molecule has 0 heterocycles. The number of hydrogen-bond acceptors (Lipinski definition) is 3. The molecule has 0 bridgehead atoms. The van der Waals surface area contributed by atoms with Crippen molar-refractivity contribution in [1.82, 2.24) is 5.32 Å². The van der Waals surface area contributed by atoms with Gasteiger partial charge in [-0.1, -0.05) is 41.0 Å². The van der Waals surface area contributed by atoms with Crippen LogP contribution in [0.3, 0.4) is 0 Å². The molecule has 0 aromatic carbocycles. The van der Waals surface area contributed by atoms with Crippen molar-refractivity contribution >= 4 is 0 Å². The highest BCUT2D eigenvalue weighted by atomic mass is 16.5. The van der Waals surface area contributed by atoms with Crippen molar-refractivity contribution in [3.63, 3.8) is 0 Å². The second kappa shape index (κ2) is 18.3. The van der Waals surface area contributed by atoms with Gasteiger partial charge in [0.15, 0.2) is 0 Å². The maximum Gasteiger partial charge on any atom is 0.0618 e. The van der Waals surface area contributed by atoms with Crippen LogP contribution < -0.4 is 11.1 Å². The molecule has 3 heteroatoms. The summed E-state index contributed by atoms with van der Waals surface area (Å²) in [4.78, 5) is 0. The average molecular weight is 248 g/mol. The van der Waals surface area contributed by atoms with Crippen LogP contribution in [0, 0.1) is 5.92 Å². The third-order valence-electron chi connectivity index (χ3n) is 2.48. The van der Waals surface area contributed by atoms with Crippen LogP contribution in [0.15, 0.2) is 0 Å². The molecule has 108 valence electrons. The Balaban J connectivity index is -0.000000439. The van der Waals surface area contributed by atoms with E-state index in [1.54, 1.807) is 7.11 Å². The molecule has 0 aliphatic heterocycles. The van der Waals surface area contributed by atoms with Crippen molar-refractivity contribution in [3.8, 4) is 0 Å². The first-order valence-corrected chi connectivity index (χ1v) is 7.07. The van der Waals surface area contributed by atoms with Crippen molar-refractivity contribution in [2.24, 2.45) is 11.7 Å². The molecular formula is C14H36N2O. The van der Waals surface area contributed by atoms with Crippen molar-refractivity contribution in [2.45, 2.75) is 66.5 Å². The van der Waals surface area contributed by atoms with Crippen molar-refractivity contribution < 1.29 is 4.74 Å². The van der Waals surface area contributed by atoms with Crippen molar-refractivity contribution in [3.05, 3.63) is 0 Å². The molecule has 0 rings (SSSR count).